The fourth-order valence-corrected chi connectivity index (χ4v) is 3.79. The molecule has 0 saturated heterocycles. The Kier molecular flexibility index (Phi) is 3.92. The molecule has 7 nitrogen and oxygen atoms in total. The monoisotopic (exact) mass is 415 g/mol. The highest BCUT2D eigenvalue weighted by Crippen LogP contribution is 2.38. The third kappa shape index (κ3) is 2.52. The van der Waals surface area contributed by atoms with Crippen molar-refractivity contribution in [3.05, 3.63) is 52.4 Å². The van der Waals surface area contributed by atoms with Gasteiger partial charge < -0.3 is 4.57 Å². The Labute approximate surface area is 168 Å². The van der Waals surface area contributed by atoms with E-state index in [4.69, 9.17) is 23.2 Å². The maximum absolute atomic E-state index is 13.2. The topological polar surface area (TPSA) is 74.3 Å². The number of nitrogens with zero attached hydrogens (tertiary/aromatic N) is 7. The van der Waals surface area contributed by atoms with Gasteiger partial charge in [0.25, 0.3) is 0 Å². The molecular formula is C18H12Cl2FN7. The van der Waals surface area contributed by atoms with Gasteiger partial charge in [0.1, 0.15) is 11.5 Å². The van der Waals surface area contributed by atoms with E-state index in [9.17, 15) is 4.39 Å². The van der Waals surface area contributed by atoms with E-state index in [-0.39, 0.29) is 6.04 Å². The summed E-state index contributed by atoms with van der Waals surface area (Å²) in [4.78, 5) is 4.11. The molecule has 0 aliphatic carbocycles. The third-order valence-electron chi connectivity index (χ3n) is 4.68. The fourth-order valence-electron chi connectivity index (χ4n) is 3.41. The van der Waals surface area contributed by atoms with Crippen LogP contribution < -0.4 is 0 Å². The second-order valence-corrected chi connectivity index (χ2v) is 7.27. The van der Waals surface area contributed by atoms with Gasteiger partial charge in [0.2, 0.25) is 11.6 Å². The van der Waals surface area contributed by atoms with Crippen LogP contribution in [0.5, 0.6) is 0 Å². The Bertz CT molecular complexity index is 1200. The predicted molar refractivity (Wildman–Crippen MR) is 102 cm³/mol. The average Bonchev–Trinajstić information content (AvgIpc) is 3.29. The van der Waals surface area contributed by atoms with Crippen molar-refractivity contribution in [2.75, 3.05) is 0 Å². The minimum atomic E-state index is -0.404. The molecule has 0 saturated carbocycles. The Morgan fingerprint density at radius 2 is 1.71 bits per heavy atom. The summed E-state index contributed by atoms with van der Waals surface area (Å²) in [5, 5.41) is 18.1. The fraction of sp³-hybridized carbons (Fsp3) is 0.167. The largest absolute Gasteiger partial charge is 0.301 e. The van der Waals surface area contributed by atoms with Gasteiger partial charge in [-0.25, -0.2) is 9.37 Å². The summed E-state index contributed by atoms with van der Waals surface area (Å²) in [5.41, 5.74) is 1.24. The van der Waals surface area contributed by atoms with Crippen LogP contribution in [0.3, 0.4) is 0 Å². The zero-order chi connectivity index (χ0) is 19.4. The number of rotatable bonds is 2. The molecule has 10 heteroatoms. The van der Waals surface area contributed by atoms with Gasteiger partial charge >= 0.3 is 0 Å². The Morgan fingerprint density at radius 3 is 2.50 bits per heavy atom. The molecule has 1 aliphatic heterocycles. The van der Waals surface area contributed by atoms with Crippen molar-refractivity contribution in [2.24, 2.45) is 0 Å². The number of pyridine rings is 1. The van der Waals surface area contributed by atoms with E-state index in [1.54, 1.807) is 12.1 Å². The highest BCUT2D eigenvalue weighted by molar-refractivity contribution is 6.43. The molecule has 0 spiro atoms. The molecule has 0 amide bonds. The van der Waals surface area contributed by atoms with E-state index >= 15 is 0 Å². The third-order valence-corrected chi connectivity index (χ3v) is 5.50. The summed E-state index contributed by atoms with van der Waals surface area (Å²) in [7, 11) is 0. The summed E-state index contributed by atoms with van der Waals surface area (Å²) in [5.74, 6) is 1.91. The maximum atomic E-state index is 13.2. The van der Waals surface area contributed by atoms with Crippen LogP contribution >= 0.6 is 23.2 Å². The summed E-state index contributed by atoms with van der Waals surface area (Å²) < 4.78 is 17.1. The molecule has 0 N–H and O–H groups in total. The van der Waals surface area contributed by atoms with E-state index in [0.29, 0.717) is 51.1 Å². The van der Waals surface area contributed by atoms with Crippen LogP contribution in [0.1, 0.15) is 13.0 Å². The van der Waals surface area contributed by atoms with E-state index < -0.39 is 5.82 Å². The minimum absolute atomic E-state index is 0.00209. The first-order valence-corrected chi connectivity index (χ1v) is 9.25. The molecule has 0 bridgehead atoms. The van der Waals surface area contributed by atoms with Gasteiger partial charge in [0.05, 0.1) is 22.3 Å². The van der Waals surface area contributed by atoms with Crippen LogP contribution in [-0.4, -0.2) is 34.5 Å². The normalized spacial score (nSPS) is 15.4. The lowest BCUT2D eigenvalue weighted by atomic mass is 10.1. The SMILES string of the molecule is CC1Cn2c(-c3ccc(F)cn3)nnc2-c2nnc(-c3cccc(Cl)c3Cl)n21. The number of hydrogen-bond donors (Lipinski definition) is 0. The van der Waals surface area contributed by atoms with Crippen LogP contribution in [-0.2, 0) is 6.54 Å². The molecule has 1 aliphatic rings. The highest BCUT2D eigenvalue weighted by Gasteiger charge is 2.31. The number of halogens is 3. The van der Waals surface area contributed by atoms with Gasteiger partial charge in [-0.3, -0.25) is 4.57 Å². The van der Waals surface area contributed by atoms with Crippen molar-refractivity contribution < 1.29 is 4.39 Å². The zero-order valence-corrected chi connectivity index (χ0v) is 16.0. The van der Waals surface area contributed by atoms with Crippen molar-refractivity contribution in [3.8, 4) is 34.6 Å². The summed E-state index contributed by atoms with van der Waals surface area (Å²) >= 11 is 12.6. The first-order chi connectivity index (χ1) is 13.5. The van der Waals surface area contributed by atoms with Crippen LogP contribution in [0.15, 0.2) is 36.5 Å². The zero-order valence-electron chi connectivity index (χ0n) is 14.5. The van der Waals surface area contributed by atoms with Crippen LogP contribution in [0.2, 0.25) is 10.0 Å². The number of aromatic nitrogens is 7. The lowest BCUT2D eigenvalue weighted by molar-refractivity contribution is 0.450. The van der Waals surface area contributed by atoms with Crippen LogP contribution in [0, 0.1) is 5.82 Å². The number of benzene rings is 1. The predicted octanol–water partition coefficient (Wildman–Crippen LogP) is 4.29. The van der Waals surface area contributed by atoms with Gasteiger partial charge in [-0.1, -0.05) is 29.3 Å². The molecule has 0 fully saturated rings. The highest BCUT2D eigenvalue weighted by atomic mass is 35.5. The second-order valence-electron chi connectivity index (χ2n) is 6.49. The molecule has 28 heavy (non-hydrogen) atoms. The van der Waals surface area contributed by atoms with Crippen molar-refractivity contribution in [1.82, 2.24) is 34.5 Å². The quantitative estimate of drug-likeness (QED) is 0.488. The molecule has 1 atom stereocenters. The van der Waals surface area contributed by atoms with E-state index in [2.05, 4.69) is 25.4 Å². The van der Waals surface area contributed by atoms with Crippen LogP contribution in [0.4, 0.5) is 4.39 Å². The Morgan fingerprint density at radius 1 is 0.964 bits per heavy atom. The smallest absolute Gasteiger partial charge is 0.202 e. The van der Waals surface area contributed by atoms with E-state index in [1.165, 1.54) is 6.07 Å². The molecule has 5 rings (SSSR count). The lowest BCUT2D eigenvalue weighted by Crippen LogP contribution is -2.22. The van der Waals surface area contributed by atoms with Crippen molar-refractivity contribution in [1.29, 1.82) is 0 Å². The van der Waals surface area contributed by atoms with Crippen LogP contribution in [0.25, 0.3) is 34.6 Å². The van der Waals surface area contributed by atoms with Gasteiger partial charge in [-0.15, -0.1) is 20.4 Å². The molecule has 1 aromatic carbocycles. The maximum Gasteiger partial charge on any atom is 0.202 e. The van der Waals surface area contributed by atoms with E-state index in [0.717, 1.165) is 6.20 Å². The van der Waals surface area contributed by atoms with Crippen molar-refractivity contribution >= 4 is 23.2 Å². The Balaban J connectivity index is 1.66. The first kappa shape index (κ1) is 17.3. The van der Waals surface area contributed by atoms with Crippen molar-refractivity contribution in [2.45, 2.75) is 19.5 Å². The first-order valence-electron chi connectivity index (χ1n) is 8.49. The second kappa shape index (κ2) is 6.35. The minimum Gasteiger partial charge on any atom is -0.301 e. The summed E-state index contributed by atoms with van der Waals surface area (Å²) in [6, 6.07) is 8.32. The molecule has 4 aromatic rings. The molecular weight excluding hydrogens is 404 g/mol. The molecule has 1 unspecified atom stereocenters. The molecule has 4 heterocycles. The van der Waals surface area contributed by atoms with E-state index in [1.807, 2.05) is 28.2 Å². The number of fused-ring (bicyclic) bond motifs is 3. The standard InChI is InChI=1S/C18H12Cl2FN7/c1-9-8-27-16(13-6-5-10(21)7-22-13)24-25-17(27)18-26-23-15(28(9)18)11-3-2-4-12(19)14(11)20/h2-7,9H,8H2,1H3. The van der Waals surface area contributed by atoms with Crippen molar-refractivity contribution in [3.63, 3.8) is 0 Å². The summed E-state index contributed by atoms with van der Waals surface area (Å²) in [6.45, 7) is 2.62. The summed E-state index contributed by atoms with van der Waals surface area (Å²) in [6.07, 6.45) is 1.16. The van der Waals surface area contributed by atoms with Gasteiger partial charge in [-0.05, 0) is 31.2 Å². The Hall–Kier alpha value is -2.84. The van der Waals surface area contributed by atoms with Gasteiger partial charge in [-0.2, -0.15) is 0 Å². The molecule has 140 valence electrons. The average molecular weight is 416 g/mol. The van der Waals surface area contributed by atoms with Gasteiger partial charge in [0, 0.05) is 12.1 Å². The number of hydrogen-bond acceptors (Lipinski definition) is 5. The van der Waals surface area contributed by atoms with Gasteiger partial charge in [0.15, 0.2) is 11.6 Å². The lowest BCUT2D eigenvalue weighted by Gasteiger charge is -2.24. The molecule has 0 radical (unpaired) electrons. The molecule has 3 aromatic heterocycles.